The molecule has 150 valence electrons. The van der Waals surface area contributed by atoms with E-state index in [4.69, 9.17) is 14.2 Å². The molecular weight excluding hydrogens is 389 g/mol. The van der Waals surface area contributed by atoms with Crippen molar-refractivity contribution < 1.29 is 32.2 Å². The molecule has 0 spiro atoms. The van der Waals surface area contributed by atoms with Crippen LogP contribution in [0, 0.1) is 0 Å². The van der Waals surface area contributed by atoms with Crippen molar-refractivity contribution in [1.29, 1.82) is 0 Å². The van der Waals surface area contributed by atoms with Gasteiger partial charge in [0.25, 0.3) is 0 Å². The van der Waals surface area contributed by atoms with Crippen LogP contribution in [0.4, 0.5) is 13.2 Å². The lowest BCUT2D eigenvalue weighted by Crippen LogP contribution is -2.15. The molecule has 1 heterocycles. The Balaban J connectivity index is 1.84. The number of nitrogens with zero attached hydrogens (tertiary/aromatic N) is 2. The summed E-state index contributed by atoms with van der Waals surface area (Å²) in [5.74, 6) is -1.60. The van der Waals surface area contributed by atoms with Gasteiger partial charge in [0.15, 0.2) is 0 Å². The number of rotatable bonds is 6. The van der Waals surface area contributed by atoms with Gasteiger partial charge in [-0.2, -0.15) is 18.2 Å². The number of alkyl halides is 3. The van der Waals surface area contributed by atoms with Crippen LogP contribution < -0.4 is 9.47 Å². The number of benzene rings is 2. The maximum Gasteiger partial charge on any atom is 0.451 e. The fourth-order valence-electron chi connectivity index (χ4n) is 2.24. The Hall–Kier alpha value is -3.62. The normalized spacial score (nSPS) is 11.0. The first-order chi connectivity index (χ1) is 13.9. The number of hydrogen-bond acceptors (Lipinski definition) is 6. The van der Waals surface area contributed by atoms with Crippen molar-refractivity contribution in [3.05, 3.63) is 72.2 Å². The van der Waals surface area contributed by atoms with Gasteiger partial charge in [-0.3, -0.25) is 0 Å². The quantitative estimate of drug-likeness (QED) is 0.522. The van der Waals surface area contributed by atoms with Gasteiger partial charge < -0.3 is 14.2 Å². The zero-order valence-electron chi connectivity index (χ0n) is 15.1. The number of para-hydroxylation sites is 1. The van der Waals surface area contributed by atoms with Gasteiger partial charge in [0, 0.05) is 6.20 Å². The van der Waals surface area contributed by atoms with Gasteiger partial charge in [-0.05, 0) is 43.3 Å². The molecule has 9 heteroatoms. The van der Waals surface area contributed by atoms with E-state index in [2.05, 4.69) is 9.97 Å². The number of hydrogen-bond donors (Lipinski definition) is 0. The van der Waals surface area contributed by atoms with Crippen molar-refractivity contribution >= 4 is 5.97 Å². The number of ether oxygens (including phenoxy) is 3. The van der Waals surface area contributed by atoms with E-state index in [1.54, 1.807) is 31.2 Å². The highest BCUT2D eigenvalue weighted by Crippen LogP contribution is 2.31. The fourth-order valence-corrected chi connectivity index (χ4v) is 2.24. The summed E-state index contributed by atoms with van der Waals surface area (Å²) in [6, 6.07) is 15.1. The van der Waals surface area contributed by atoms with Crippen molar-refractivity contribution in [2.45, 2.75) is 13.1 Å². The van der Waals surface area contributed by atoms with Crippen molar-refractivity contribution in [2.75, 3.05) is 6.61 Å². The second kappa shape index (κ2) is 8.59. The molecule has 0 N–H and O–H groups in total. The molecule has 0 bridgehead atoms. The Bertz CT molecular complexity index is 977. The lowest BCUT2D eigenvalue weighted by molar-refractivity contribution is -0.145. The highest BCUT2D eigenvalue weighted by Gasteiger charge is 2.36. The molecular formula is C20H15F3N2O4. The summed E-state index contributed by atoms with van der Waals surface area (Å²) in [6.07, 6.45) is -4.06. The summed E-state index contributed by atoms with van der Waals surface area (Å²) in [7, 11) is 0. The Morgan fingerprint density at radius 2 is 1.52 bits per heavy atom. The van der Waals surface area contributed by atoms with E-state index in [0.717, 1.165) is 6.20 Å². The van der Waals surface area contributed by atoms with Gasteiger partial charge in [0.05, 0.1) is 6.61 Å². The molecule has 0 aliphatic heterocycles. The Morgan fingerprint density at radius 1 is 0.931 bits per heavy atom. The van der Waals surface area contributed by atoms with Gasteiger partial charge in [0.2, 0.25) is 11.7 Å². The van der Waals surface area contributed by atoms with E-state index in [0.29, 0.717) is 11.5 Å². The lowest BCUT2D eigenvalue weighted by atomic mass is 10.3. The maximum absolute atomic E-state index is 12.9. The third-order valence-corrected chi connectivity index (χ3v) is 3.52. The molecule has 0 saturated heterocycles. The summed E-state index contributed by atoms with van der Waals surface area (Å²) in [4.78, 5) is 18.5. The maximum atomic E-state index is 12.9. The lowest BCUT2D eigenvalue weighted by Gasteiger charge is -2.12. The topological polar surface area (TPSA) is 70.5 Å². The van der Waals surface area contributed by atoms with Crippen LogP contribution in [-0.2, 0) is 10.9 Å². The van der Waals surface area contributed by atoms with Gasteiger partial charge in [-0.15, -0.1) is 0 Å². The third kappa shape index (κ3) is 5.22. The van der Waals surface area contributed by atoms with Gasteiger partial charge >= 0.3 is 12.1 Å². The monoisotopic (exact) mass is 404 g/mol. The Kier molecular flexibility index (Phi) is 5.96. The summed E-state index contributed by atoms with van der Waals surface area (Å²) in [5.41, 5.74) is -0.315. The molecule has 2 aromatic carbocycles. The van der Waals surface area contributed by atoms with Crippen LogP contribution in [0.2, 0.25) is 0 Å². The van der Waals surface area contributed by atoms with Crippen LogP contribution in [0.3, 0.4) is 0 Å². The van der Waals surface area contributed by atoms with Crippen molar-refractivity contribution in [3.63, 3.8) is 0 Å². The van der Waals surface area contributed by atoms with Gasteiger partial charge in [-0.1, -0.05) is 18.2 Å². The second-order valence-electron chi connectivity index (χ2n) is 5.62. The predicted molar refractivity (Wildman–Crippen MR) is 96.0 cm³/mol. The minimum atomic E-state index is -4.79. The second-order valence-corrected chi connectivity index (χ2v) is 5.62. The number of carbonyl (C=O) groups excluding carboxylic acids is 1. The molecule has 0 amide bonds. The van der Waals surface area contributed by atoms with Crippen LogP contribution in [0.25, 0.3) is 0 Å². The van der Waals surface area contributed by atoms with Crippen LogP contribution in [0.5, 0.6) is 23.1 Å². The van der Waals surface area contributed by atoms with E-state index in [9.17, 15) is 18.0 Å². The zero-order chi connectivity index (χ0) is 20.9. The standard InChI is InChI=1S/C20H15F3N2O4/c1-2-27-18(26)16-12-24-19(20(21,22)23)25-17(16)29-15-10-8-14(9-11-15)28-13-6-4-3-5-7-13/h3-12H,2H2,1H3. The van der Waals surface area contributed by atoms with Crippen molar-refractivity contribution in [1.82, 2.24) is 9.97 Å². The van der Waals surface area contributed by atoms with Gasteiger partial charge in [-0.25, -0.2) is 9.78 Å². The van der Waals surface area contributed by atoms with E-state index < -0.39 is 23.8 Å². The van der Waals surface area contributed by atoms with Crippen molar-refractivity contribution in [3.8, 4) is 23.1 Å². The average molecular weight is 404 g/mol. The highest BCUT2D eigenvalue weighted by molar-refractivity contribution is 5.91. The minimum Gasteiger partial charge on any atom is -0.462 e. The smallest absolute Gasteiger partial charge is 0.451 e. The van der Waals surface area contributed by atoms with E-state index in [1.807, 2.05) is 18.2 Å². The highest BCUT2D eigenvalue weighted by atomic mass is 19.4. The van der Waals surface area contributed by atoms with Gasteiger partial charge in [0.1, 0.15) is 22.8 Å². The van der Waals surface area contributed by atoms with E-state index >= 15 is 0 Å². The molecule has 0 unspecified atom stereocenters. The number of esters is 1. The fraction of sp³-hybridized carbons (Fsp3) is 0.150. The van der Waals surface area contributed by atoms with Crippen LogP contribution in [0.15, 0.2) is 60.8 Å². The van der Waals surface area contributed by atoms with Crippen LogP contribution >= 0.6 is 0 Å². The van der Waals surface area contributed by atoms with E-state index in [-0.39, 0.29) is 17.9 Å². The molecule has 6 nitrogen and oxygen atoms in total. The first-order valence-electron chi connectivity index (χ1n) is 8.49. The predicted octanol–water partition coefficient (Wildman–Crippen LogP) is 5.26. The van der Waals surface area contributed by atoms with Crippen LogP contribution in [0.1, 0.15) is 23.1 Å². The minimum absolute atomic E-state index is 0.0326. The van der Waals surface area contributed by atoms with Crippen LogP contribution in [-0.4, -0.2) is 22.5 Å². The molecule has 29 heavy (non-hydrogen) atoms. The summed E-state index contributed by atoms with van der Waals surface area (Å²) >= 11 is 0. The zero-order valence-corrected chi connectivity index (χ0v) is 15.1. The Labute approximate surface area is 163 Å². The summed E-state index contributed by atoms with van der Waals surface area (Å²) < 4.78 is 54.7. The molecule has 3 rings (SSSR count). The van der Waals surface area contributed by atoms with Crippen molar-refractivity contribution in [2.24, 2.45) is 0 Å². The molecule has 0 fully saturated rings. The SMILES string of the molecule is CCOC(=O)c1cnc(C(F)(F)F)nc1Oc1ccc(Oc2ccccc2)cc1. The first kappa shape index (κ1) is 20.1. The Morgan fingerprint density at radius 3 is 2.10 bits per heavy atom. The molecule has 0 aliphatic rings. The third-order valence-electron chi connectivity index (χ3n) is 3.52. The number of aromatic nitrogens is 2. The first-order valence-corrected chi connectivity index (χ1v) is 8.49. The number of carbonyl (C=O) groups is 1. The molecule has 0 aliphatic carbocycles. The van der Waals surface area contributed by atoms with E-state index in [1.165, 1.54) is 12.1 Å². The summed E-state index contributed by atoms with van der Waals surface area (Å²) in [6.45, 7) is 1.60. The largest absolute Gasteiger partial charge is 0.462 e. The molecule has 0 atom stereocenters. The molecule has 1 aromatic heterocycles. The average Bonchev–Trinajstić information content (AvgIpc) is 2.70. The summed E-state index contributed by atoms with van der Waals surface area (Å²) in [5, 5.41) is 0. The molecule has 0 radical (unpaired) electrons. The molecule has 0 saturated carbocycles. The number of halogens is 3. The molecule has 3 aromatic rings.